The SMILES string of the molecule is COCC(C)NC1C(=O)Nc2ccc(C)cc21. The maximum Gasteiger partial charge on any atom is 0.246 e. The van der Waals surface area contributed by atoms with Crippen LogP contribution in [0.4, 0.5) is 5.69 Å². The highest BCUT2D eigenvalue weighted by molar-refractivity contribution is 6.02. The number of hydrogen-bond donors (Lipinski definition) is 2. The second-order valence-electron chi connectivity index (χ2n) is 4.54. The molecule has 0 bridgehead atoms. The number of rotatable bonds is 4. The van der Waals surface area contributed by atoms with Crippen molar-refractivity contribution in [3.05, 3.63) is 29.3 Å². The first kappa shape index (κ1) is 12.1. The van der Waals surface area contributed by atoms with E-state index in [2.05, 4.69) is 10.6 Å². The molecule has 17 heavy (non-hydrogen) atoms. The van der Waals surface area contributed by atoms with Crippen molar-refractivity contribution >= 4 is 11.6 Å². The number of ether oxygens (including phenoxy) is 1. The molecule has 1 amide bonds. The fourth-order valence-corrected chi connectivity index (χ4v) is 2.13. The maximum atomic E-state index is 11.9. The molecule has 1 aliphatic rings. The first-order chi connectivity index (χ1) is 8.11. The van der Waals surface area contributed by atoms with Gasteiger partial charge in [-0.1, -0.05) is 17.7 Å². The molecule has 0 aromatic heterocycles. The Kier molecular flexibility index (Phi) is 3.45. The van der Waals surface area contributed by atoms with Gasteiger partial charge < -0.3 is 10.1 Å². The number of carbonyl (C=O) groups is 1. The van der Waals surface area contributed by atoms with Crippen LogP contribution in [0, 0.1) is 6.92 Å². The van der Waals surface area contributed by atoms with Gasteiger partial charge >= 0.3 is 0 Å². The van der Waals surface area contributed by atoms with Gasteiger partial charge in [-0.05, 0) is 19.9 Å². The summed E-state index contributed by atoms with van der Waals surface area (Å²) in [6.45, 7) is 4.62. The van der Waals surface area contributed by atoms with Crippen molar-refractivity contribution in [1.29, 1.82) is 0 Å². The maximum absolute atomic E-state index is 11.9. The molecule has 1 aromatic carbocycles. The third-order valence-corrected chi connectivity index (χ3v) is 2.91. The summed E-state index contributed by atoms with van der Waals surface area (Å²) in [6, 6.07) is 5.87. The molecule has 1 aromatic rings. The molecule has 0 spiro atoms. The molecule has 2 rings (SSSR count). The summed E-state index contributed by atoms with van der Waals surface area (Å²) in [5, 5.41) is 6.16. The first-order valence-corrected chi connectivity index (χ1v) is 5.78. The number of nitrogens with one attached hydrogen (secondary N) is 2. The smallest absolute Gasteiger partial charge is 0.246 e. The number of amides is 1. The van der Waals surface area contributed by atoms with Gasteiger partial charge in [-0.3, -0.25) is 10.1 Å². The molecular weight excluding hydrogens is 216 g/mol. The van der Waals surface area contributed by atoms with Gasteiger partial charge in [0, 0.05) is 24.4 Å². The van der Waals surface area contributed by atoms with E-state index in [-0.39, 0.29) is 18.0 Å². The van der Waals surface area contributed by atoms with Gasteiger partial charge in [0.1, 0.15) is 6.04 Å². The molecule has 92 valence electrons. The summed E-state index contributed by atoms with van der Waals surface area (Å²) in [5.41, 5.74) is 3.09. The molecule has 0 fully saturated rings. The van der Waals surface area contributed by atoms with Crippen LogP contribution >= 0.6 is 0 Å². The molecule has 0 aliphatic carbocycles. The van der Waals surface area contributed by atoms with Crippen molar-refractivity contribution < 1.29 is 9.53 Å². The van der Waals surface area contributed by atoms with Gasteiger partial charge in [-0.2, -0.15) is 0 Å². The monoisotopic (exact) mass is 234 g/mol. The molecule has 0 radical (unpaired) electrons. The van der Waals surface area contributed by atoms with Crippen LogP contribution < -0.4 is 10.6 Å². The average Bonchev–Trinajstić information content (AvgIpc) is 2.56. The summed E-state index contributed by atoms with van der Waals surface area (Å²) in [5.74, 6) is 0.00792. The number of carbonyl (C=O) groups excluding carboxylic acids is 1. The van der Waals surface area contributed by atoms with E-state index in [1.165, 1.54) is 0 Å². The van der Waals surface area contributed by atoms with Crippen LogP contribution in [0.2, 0.25) is 0 Å². The minimum absolute atomic E-state index is 0.00792. The van der Waals surface area contributed by atoms with Crippen molar-refractivity contribution in [3.63, 3.8) is 0 Å². The number of methoxy groups -OCH3 is 1. The Labute approximate surface area is 101 Å². The second-order valence-corrected chi connectivity index (χ2v) is 4.54. The van der Waals surface area contributed by atoms with E-state index < -0.39 is 0 Å². The molecule has 0 saturated heterocycles. The van der Waals surface area contributed by atoms with Crippen molar-refractivity contribution in [2.75, 3.05) is 19.0 Å². The van der Waals surface area contributed by atoms with Crippen LogP contribution in [0.1, 0.15) is 24.1 Å². The molecule has 2 unspecified atom stereocenters. The van der Waals surface area contributed by atoms with Gasteiger partial charge in [0.25, 0.3) is 0 Å². The van der Waals surface area contributed by atoms with Crippen LogP contribution in [-0.2, 0) is 9.53 Å². The highest BCUT2D eigenvalue weighted by Crippen LogP contribution is 2.31. The lowest BCUT2D eigenvalue weighted by atomic mass is 10.0. The van der Waals surface area contributed by atoms with Crippen LogP contribution in [0.3, 0.4) is 0 Å². The van der Waals surface area contributed by atoms with Crippen LogP contribution in [-0.4, -0.2) is 25.7 Å². The van der Waals surface area contributed by atoms with E-state index in [0.717, 1.165) is 16.8 Å². The van der Waals surface area contributed by atoms with Crippen LogP contribution in [0.25, 0.3) is 0 Å². The van der Waals surface area contributed by atoms with Gasteiger partial charge in [-0.25, -0.2) is 0 Å². The lowest BCUT2D eigenvalue weighted by Crippen LogP contribution is -2.37. The third-order valence-electron chi connectivity index (χ3n) is 2.91. The van der Waals surface area contributed by atoms with E-state index in [0.29, 0.717) is 6.61 Å². The predicted molar refractivity (Wildman–Crippen MR) is 67.0 cm³/mol. The highest BCUT2D eigenvalue weighted by atomic mass is 16.5. The molecule has 4 nitrogen and oxygen atoms in total. The topological polar surface area (TPSA) is 50.4 Å². The van der Waals surface area contributed by atoms with Crippen LogP contribution in [0.15, 0.2) is 18.2 Å². The fourth-order valence-electron chi connectivity index (χ4n) is 2.13. The lowest BCUT2D eigenvalue weighted by Gasteiger charge is -2.17. The van der Waals surface area contributed by atoms with Gasteiger partial charge in [0.15, 0.2) is 0 Å². The zero-order chi connectivity index (χ0) is 12.4. The molecule has 2 atom stereocenters. The average molecular weight is 234 g/mol. The Balaban J connectivity index is 2.19. The molecule has 1 aliphatic heterocycles. The number of aryl methyl sites for hydroxylation is 1. The molecular formula is C13H18N2O2. The molecule has 1 heterocycles. The van der Waals surface area contributed by atoms with Crippen molar-refractivity contribution in [2.45, 2.75) is 25.9 Å². The second kappa shape index (κ2) is 4.85. The van der Waals surface area contributed by atoms with Gasteiger partial charge in [0.2, 0.25) is 5.91 Å². The minimum Gasteiger partial charge on any atom is -0.383 e. The Morgan fingerprint density at radius 2 is 2.29 bits per heavy atom. The summed E-state index contributed by atoms with van der Waals surface area (Å²) in [6.07, 6.45) is 0. The largest absolute Gasteiger partial charge is 0.383 e. The summed E-state index contributed by atoms with van der Waals surface area (Å²) in [4.78, 5) is 11.9. The van der Waals surface area contributed by atoms with E-state index >= 15 is 0 Å². The van der Waals surface area contributed by atoms with E-state index in [1.54, 1.807) is 7.11 Å². The standard InChI is InChI=1S/C13H18N2O2/c1-8-4-5-11-10(6-8)12(13(16)15-11)14-9(2)7-17-3/h4-6,9,12,14H,7H2,1-3H3,(H,15,16). The Morgan fingerprint density at radius 1 is 1.53 bits per heavy atom. The summed E-state index contributed by atoms with van der Waals surface area (Å²) >= 11 is 0. The van der Waals surface area contributed by atoms with Crippen molar-refractivity contribution in [3.8, 4) is 0 Å². The third kappa shape index (κ3) is 2.48. The fraction of sp³-hybridized carbons (Fsp3) is 0.462. The minimum atomic E-state index is -0.268. The first-order valence-electron chi connectivity index (χ1n) is 5.78. The van der Waals surface area contributed by atoms with E-state index in [9.17, 15) is 4.79 Å². The Morgan fingerprint density at radius 3 is 3.00 bits per heavy atom. The number of hydrogen-bond acceptors (Lipinski definition) is 3. The molecule has 0 saturated carbocycles. The summed E-state index contributed by atoms with van der Waals surface area (Å²) in [7, 11) is 1.66. The quantitative estimate of drug-likeness (QED) is 0.832. The summed E-state index contributed by atoms with van der Waals surface area (Å²) < 4.78 is 5.07. The number of anilines is 1. The Hall–Kier alpha value is -1.39. The predicted octanol–water partition coefficient (Wildman–Crippen LogP) is 1.61. The Bertz CT molecular complexity index is 431. The lowest BCUT2D eigenvalue weighted by molar-refractivity contribution is -0.117. The van der Waals surface area contributed by atoms with E-state index in [1.807, 2.05) is 32.0 Å². The van der Waals surface area contributed by atoms with E-state index in [4.69, 9.17) is 4.74 Å². The van der Waals surface area contributed by atoms with Crippen molar-refractivity contribution in [1.82, 2.24) is 5.32 Å². The van der Waals surface area contributed by atoms with Crippen LogP contribution in [0.5, 0.6) is 0 Å². The van der Waals surface area contributed by atoms with Gasteiger partial charge in [0.05, 0.1) is 6.61 Å². The zero-order valence-electron chi connectivity index (χ0n) is 10.4. The number of benzene rings is 1. The number of fused-ring (bicyclic) bond motifs is 1. The molecule has 4 heteroatoms. The molecule has 2 N–H and O–H groups in total. The zero-order valence-corrected chi connectivity index (χ0v) is 10.4. The van der Waals surface area contributed by atoms with Gasteiger partial charge in [-0.15, -0.1) is 0 Å². The highest BCUT2D eigenvalue weighted by Gasteiger charge is 2.31. The normalized spacial score (nSPS) is 19.9. The van der Waals surface area contributed by atoms with Crippen molar-refractivity contribution in [2.24, 2.45) is 0 Å².